The van der Waals surface area contributed by atoms with Gasteiger partial charge in [0, 0.05) is 13.1 Å². The maximum Gasteiger partial charge on any atom is 0.234 e. The number of hydrogen-bond acceptors (Lipinski definition) is 5. The van der Waals surface area contributed by atoms with Crippen LogP contribution in [0.4, 0.5) is 0 Å². The average molecular weight is 317 g/mol. The summed E-state index contributed by atoms with van der Waals surface area (Å²) in [6, 6.07) is 3.60. The van der Waals surface area contributed by atoms with Crippen molar-refractivity contribution in [3.05, 3.63) is 36.8 Å². The normalized spacial score (nSPS) is 20.3. The van der Waals surface area contributed by atoms with Crippen LogP contribution in [0.2, 0.25) is 0 Å². The third-order valence-corrected chi connectivity index (χ3v) is 4.23. The van der Waals surface area contributed by atoms with Crippen molar-refractivity contribution < 1.29 is 9.21 Å². The Hall–Kier alpha value is -2.15. The van der Waals surface area contributed by atoms with Gasteiger partial charge in [-0.3, -0.25) is 14.4 Å². The fraction of sp³-hybridized carbons (Fsp3) is 0.562. The van der Waals surface area contributed by atoms with Gasteiger partial charge in [-0.1, -0.05) is 0 Å². The number of rotatable bonds is 6. The van der Waals surface area contributed by atoms with Crippen LogP contribution < -0.4 is 5.32 Å². The van der Waals surface area contributed by atoms with Gasteiger partial charge in [-0.15, -0.1) is 0 Å². The molecule has 0 unspecified atom stereocenters. The van der Waals surface area contributed by atoms with Crippen LogP contribution in [0, 0.1) is 5.92 Å². The first-order chi connectivity index (χ1) is 11.2. The minimum Gasteiger partial charge on any atom is -0.467 e. The van der Waals surface area contributed by atoms with Gasteiger partial charge in [-0.2, -0.15) is 5.10 Å². The Balaban J connectivity index is 1.46. The quantitative estimate of drug-likeness (QED) is 0.873. The summed E-state index contributed by atoms with van der Waals surface area (Å²) >= 11 is 0. The zero-order valence-corrected chi connectivity index (χ0v) is 13.4. The molecule has 0 aliphatic carbocycles. The summed E-state index contributed by atoms with van der Waals surface area (Å²) in [6.45, 7) is 5.11. The second-order valence-electron chi connectivity index (χ2n) is 6.17. The highest BCUT2D eigenvalue weighted by molar-refractivity contribution is 5.78. The third kappa shape index (κ3) is 4.41. The van der Waals surface area contributed by atoms with Crippen LogP contribution in [0.5, 0.6) is 0 Å². The lowest BCUT2D eigenvalue weighted by Crippen LogP contribution is -2.43. The molecular weight excluding hydrogens is 294 g/mol. The molecule has 3 heterocycles. The van der Waals surface area contributed by atoms with Crippen LogP contribution in [0.1, 0.15) is 31.6 Å². The van der Waals surface area contributed by atoms with Crippen LogP contribution in [0.3, 0.4) is 0 Å². The summed E-state index contributed by atoms with van der Waals surface area (Å²) < 4.78 is 7.19. The molecule has 1 N–H and O–H groups in total. The van der Waals surface area contributed by atoms with E-state index in [-0.39, 0.29) is 11.9 Å². The maximum absolute atomic E-state index is 12.2. The molecule has 3 rings (SSSR count). The number of carbonyl (C=O) groups excluding carboxylic acids is 1. The molecule has 124 valence electrons. The molecule has 0 spiro atoms. The number of piperidine rings is 1. The molecule has 1 aliphatic rings. The molecule has 23 heavy (non-hydrogen) atoms. The summed E-state index contributed by atoms with van der Waals surface area (Å²) in [5, 5.41) is 7.15. The fourth-order valence-corrected chi connectivity index (χ4v) is 3.13. The second kappa shape index (κ2) is 7.41. The first-order valence-corrected chi connectivity index (χ1v) is 8.08. The third-order valence-electron chi connectivity index (χ3n) is 4.23. The summed E-state index contributed by atoms with van der Waals surface area (Å²) in [5.74, 6) is 1.33. The monoisotopic (exact) mass is 317 g/mol. The van der Waals surface area contributed by atoms with Crippen LogP contribution in [0.15, 0.2) is 35.5 Å². The number of carbonyl (C=O) groups is 1. The molecule has 0 aromatic carbocycles. The van der Waals surface area contributed by atoms with Crippen molar-refractivity contribution in [2.45, 2.75) is 32.4 Å². The molecule has 1 amide bonds. The molecule has 1 saturated heterocycles. The Morgan fingerprint density at radius 2 is 2.48 bits per heavy atom. The Labute approximate surface area is 135 Å². The highest BCUT2D eigenvalue weighted by atomic mass is 16.3. The van der Waals surface area contributed by atoms with E-state index < -0.39 is 0 Å². The zero-order chi connectivity index (χ0) is 16.1. The molecule has 7 nitrogen and oxygen atoms in total. The number of likely N-dealkylation sites (tertiary alicyclic amines) is 1. The zero-order valence-electron chi connectivity index (χ0n) is 13.4. The Bertz CT molecular complexity index is 596. The standard InChI is InChI=1S/C16H23N5O2/c1-13(15-5-3-7-23-15)19-16(22)10-20-6-2-4-14(8-20)9-21-12-17-11-18-21/h3,5,7,11-14H,2,4,6,8-10H2,1H3,(H,19,22)/t13-,14-/m1/s1. The van der Waals surface area contributed by atoms with E-state index in [2.05, 4.69) is 20.3 Å². The lowest BCUT2D eigenvalue weighted by molar-refractivity contribution is -0.123. The van der Waals surface area contributed by atoms with Gasteiger partial charge in [0.15, 0.2) is 0 Å². The summed E-state index contributed by atoms with van der Waals surface area (Å²) in [6.07, 6.45) is 7.21. The number of hydrogen-bond donors (Lipinski definition) is 1. The first-order valence-electron chi connectivity index (χ1n) is 8.08. The first kappa shape index (κ1) is 15.7. The van der Waals surface area contributed by atoms with E-state index in [9.17, 15) is 4.79 Å². The predicted octanol–water partition coefficient (Wildman–Crippen LogP) is 1.46. The van der Waals surface area contributed by atoms with E-state index in [0.29, 0.717) is 12.5 Å². The smallest absolute Gasteiger partial charge is 0.234 e. The second-order valence-corrected chi connectivity index (χ2v) is 6.17. The maximum atomic E-state index is 12.2. The predicted molar refractivity (Wildman–Crippen MR) is 84.5 cm³/mol. The largest absolute Gasteiger partial charge is 0.467 e. The highest BCUT2D eigenvalue weighted by Crippen LogP contribution is 2.18. The Morgan fingerprint density at radius 3 is 3.22 bits per heavy atom. The molecule has 0 radical (unpaired) electrons. The van der Waals surface area contributed by atoms with Crippen molar-refractivity contribution in [2.75, 3.05) is 19.6 Å². The van der Waals surface area contributed by atoms with Crippen molar-refractivity contribution in [2.24, 2.45) is 5.92 Å². The van der Waals surface area contributed by atoms with E-state index in [4.69, 9.17) is 4.42 Å². The van der Waals surface area contributed by atoms with E-state index in [1.807, 2.05) is 23.7 Å². The van der Waals surface area contributed by atoms with Gasteiger partial charge in [-0.25, -0.2) is 4.98 Å². The topological polar surface area (TPSA) is 76.2 Å². The van der Waals surface area contributed by atoms with Crippen molar-refractivity contribution in [3.63, 3.8) is 0 Å². The summed E-state index contributed by atoms with van der Waals surface area (Å²) in [5.41, 5.74) is 0. The van der Waals surface area contributed by atoms with Gasteiger partial charge >= 0.3 is 0 Å². The van der Waals surface area contributed by atoms with E-state index in [1.165, 1.54) is 6.42 Å². The van der Waals surface area contributed by atoms with Crippen LogP contribution >= 0.6 is 0 Å². The molecule has 1 fully saturated rings. The fourth-order valence-electron chi connectivity index (χ4n) is 3.13. The lowest BCUT2D eigenvalue weighted by atomic mass is 9.98. The number of amides is 1. The summed E-state index contributed by atoms with van der Waals surface area (Å²) in [4.78, 5) is 18.4. The molecule has 0 saturated carbocycles. The SMILES string of the molecule is C[C@@H](NC(=O)CN1CCC[C@@H](Cn2cncn2)C1)c1ccco1. The number of aromatic nitrogens is 3. The average Bonchev–Trinajstić information content (AvgIpc) is 3.20. The van der Waals surface area contributed by atoms with Gasteiger partial charge in [0.1, 0.15) is 18.4 Å². The van der Waals surface area contributed by atoms with Crippen molar-refractivity contribution in [1.29, 1.82) is 0 Å². The molecule has 7 heteroatoms. The number of nitrogens with zero attached hydrogens (tertiary/aromatic N) is 4. The Kier molecular flexibility index (Phi) is 5.07. The van der Waals surface area contributed by atoms with Gasteiger partial charge in [0.25, 0.3) is 0 Å². The van der Waals surface area contributed by atoms with E-state index in [0.717, 1.165) is 31.8 Å². The Morgan fingerprint density at radius 1 is 1.57 bits per heavy atom. The lowest BCUT2D eigenvalue weighted by Gasteiger charge is -2.32. The van der Waals surface area contributed by atoms with E-state index >= 15 is 0 Å². The summed E-state index contributed by atoms with van der Waals surface area (Å²) in [7, 11) is 0. The number of nitrogens with one attached hydrogen (secondary N) is 1. The molecule has 2 atom stereocenters. The van der Waals surface area contributed by atoms with Crippen molar-refractivity contribution in [1.82, 2.24) is 25.0 Å². The highest BCUT2D eigenvalue weighted by Gasteiger charge is 2.23. The van der Waals surface area contributed by atoms with Crippen LogP contribution in [0.25, 0.3) is 0 Å². The van der Waals surface area contributed by atoms with Crippen LogP contribution in [-0.4, -0.2) is 45.2 Å². The molecule has 2 aromatic rings. The molecular formula is C16H23N5O2. The minimum absolute atomic E-state index is 0.0373. The van der Waals surface area contributed by atoms with Gasteiger partial charge in [-0.05, 0) is 44.4 Å². The molecule has 2 aromatic heterocycles. The molecule has 0 bridgehead atoms. The van der Waals surface area contributed by atoms with Crippen molar-refractivity contribution >= 4 is 5.91 Å². The molecule has 1 aliphatic heterocycles. The van der Waals surface area contributed by atoms with E-state index in [1.54, 1.807) is 18.9 Å². The van der Waals surface area contributed by atoms with Crippen molar-refractivity contribution in [3.8, 4) is 0 Å². The van der Waals surface area contributed by atoms with Gasteiger partial charge in [0.05, 0.1) is 18.8 Å². The minimum atomic E-state index is -0.103. The van der Waals surface area contributed by atoms with Crippen LogP contribution in [-0.2, 0) is 11.3 Å². The van der Waals surface area contributed by atoms with Gasteiger partial charge in [0.2, 0.25) is 5.91 Å². The number of furan rings is 1. The van der Waals surface area contributed by atoms with Gasteiger partial charge < -0.3 is 9.73 Å².